The maximum absolute atomic E-state index is 12.6. The molecule has 1 aliphatic heterocycles. The molecule has 128 valence electrons. The van der Waals surface area contributed by atoms with E-state index in [0.717, 1.165) is 30.5 Å². The van der Waals surface area contributed by atoms with Gasteiger partial charge in [-0.15, -0.1) is 0 Å². The number of carbonyl (C=O) groups excluding carboxylic acids is 1. The van der Waals surface area contributed by atoms with Crippen LogP contribution in [0.5, 0.6) is 5.88 Å². The van der Waals surface area contributed by atoms with Crippen LogP contribution in [0.15, 0.2) is 30.3 Å². The van der Waals surface area contributed by atoms with Crippen LogP contribution < -0.4 is 10.1 Å². The van der Waals surface area contributed by atoms with Crippen LogP contribution in [0.2, 0.25) is 0 Å². The quantitative estimate of drug-likeness (QED) is 0.886. The summed E-state index contributed by atoms with van der Waals surface area (Å²) in [6, 6.07) is 9.42. The number of benzene rings is 1. The van der Waals surface area contributed by atoms with E-state index < -0.39 is 0 Å². The molecule has 0 aliphatic carbocycles. The maximum Gasteiger partial charge on any atom is 0.252 e. The number of hydrogen-bond acceptors (Lipinski definition) is 4. The van der Waals surface area contributed by atoms with Crippen molar-refractivity contribution in [3.63, 3.8) is 0 Å². The van der Waals surface area contributed by atoms with Gasteiger partial charge in [-0.1, -0.05) is 24.6 Å². The second-order valence-corrected chi connectivity index (χ2v) is 6.12. The van der Waals surface area contributed by atoms with E-state index in [1.807, 2.05) is 31.2 Å². The monoisotopic (exact) mass is 327 g/mol. The highest BCUT2D eigenvalue weighted by Crippen LogP contribution is 2.22. The molecule has 0 saturated carbocycles. The van der Waals surface area contributed by atoms with Crippen molar-refractivity contribution in [2.75, 3.05) is 32.8 Å². The van der Waals surface area contributed by atoms with Gasteiger partial charge in [-0.25, -0.2) is 4.98 Å². The van der Waals surface area contributed by atoms with Gasteiger partial charge in [-0.05, 0) is 38.9 Å². The predicted octanol–water partition coefficient (Wildman–Crippen LogP) is 2.85. The Morgan fingerprint density at radius 1 is 1.25 bits per heavy atom. The van der Waals surface area contributed by atoms with E-state index >= 15 is 0 Å². The van der Waals surface area contributed by atoms with Crippen molar-refractivity contribution in [1.82, 2.24) is 15.2 Å². The number of hydrogen-bond donors (Lipinski definition) is 1. The van der Waals surface area contributed by atoms with Crippen LogP contribution in [0.4, 0.5) is 0 Å². The summed E-state index contributed by atoms with van der Waals surface area (Å²) in [6.45, 7) is 6.30. The van der Waals surface area contributed by atoms with Crippen LogP contribution in [0, 0.1) is 0 Å². The molecular formula is C19H25N3O2. The summed E-state index contributed by atoms with van der Waals surface area (Å²) in [6.07, 6.45) is 3.85. The molecule has 2 aromatic rings. The van der Waals surface area contributed by atoms with E-state index in [-0.39, 0.29) is 5.91 Å². The number of nitrogens with zero attached hydrogens (tertiary/aromatic N) is 2. The van der Waals surface area contributed by atoms with Gasteiger partial charge in [0.05, 0.1) is 17.7 Å². The number of carbonyl (C=O) groups is 1. The SMILES string of the molecule is CCOc1cc(C(=O)NCCN2CCCCC2)c2ccccc2n1. The van der Waals surface area contributed by atoms with Gasteiger partial charge in [0.2, 0.25) is 5.88 Å². The third kappa shape index (κ3) is 4.03. The van der Waals surface area contributed by atoms with E-state index in [9.17, 15) is 4.79 Å². The molecule has 0 spiro atoms. The Morgan fingerprint density at radius 3 is 2.83 bits per heavy atom. The van der Waals surface area contributed by atoms with Gasteiger partial charge in [0.1, 0.15) is 0 Å². The number of amides is 1. The summed E-state index contributed by atoms with van der Waals surface area (Å²) in [7, 11) is 0. The average Bonchev–Trinajstić information content (AvgIpc) is 2.62. The molecule has 1 saturated heterocycles. The Bertz CT molecular complexity index is 696. The molecule has 1 fully saturated rings. The van der Waals surface area contributed by atoms with Crippen LogP contribution in [0.25, 0.3) is 10.9 Å². The number of rotatable bonds is 6. The van der Waals surface area contributed by atoms with Gasteiger partial charge in [-0.2, -0.15) is 0 Å². The standard InChI is InChI=1S/C19H25N3O2/c1-2-24-18-14-16(15-8-4-5-9-17(15)21-18)19(23)20-10-13-22-11-6-3-7-12-22/h4-5,8-9,14H,2-3,6-7,10-13H2,1H3,(H,20,23). The Morgan fingerprint density at radius 2 is 2.04 bits per heavy atom. The smallest absolute Gasteiger partial charge is 0.252 e. The molecule has 5 heteroatoms. The third-order valence-corrected chi connectivity index (χ3v) is 4.39. The van der Waals surface area contributed by atoms with Crippen LogP contribution in [0.1, 0.15) is 36.5 Å². The average molecular weight is 327 g/mol. The molecule has 3 rings (SSSR count). The molecule has 1 N–H and O–H groups in total. The summed E-state index contributed by atoms with van der Waals surface area (Å²) in [4.78, 5) is 19.5. The number of nitrogens with one attached hydrogen (secondary N) is 1. The first-order valence-corrected chi connectivity index (χ1v) is 8.81. The van der Waals surface area contributed by atoms with Crippen molar-refractivity contribution in [2.24, 2.45) is 0 Å². The van der Waals surface area contributed by atoms with E-state index in [4.69, 9.17) is 4.74 Å². The number of piperidine rings is 1. The topological polar surface area (TPSA) is 54.5 Å². The molecule has 0 radical (unpaired) electrons. The van der Waals surface area contributed by atoms with Crippen molar-refractivity contribution in [2.45, 2.75) is 26.2 Å². The minimum absolute atomic E-state index is 0.0634. The molecule has 0 atom stereocenters. The van der Waals surface area contributed by atoms with Gasteiger partial charge >= 0.3 is 0 Å². The van der Waals surface area contributed by atoms with Crippen molar-refractivity contribution in [3.8, 4) is 5.88 Å². The zero-order valence-electron chi connectivity index (χ0n) is 14.3. The van der Waals surface area contributed by atoms with E-state index in [2.05, 4.69) is 15.2 Å². The Labute approximate surface area is 143 Å². The molecule has 1 aliphatic rings. The Kier molecular flexibility index (Phi) is 5.64. The first kappa shape index (κ1) is 16.7. The van der Waals surface area contributed by atoms with Crippen molar-refractivity contribution in [3.05, 3.63) is 35.9 Å². The lowest BCUT2D eigenvalue weighted by Crippen LogP contribution is -2.37. The summed E-state index contributed by atoms with van der Waals surface area (Å²) in [5.74, 6) is 0.434. The fourth-order valence-electron chi connectivity index (χ4n) is 3.17. The summed E-state index contributed by atoms with van der Waals surface area (Å²) < 4.78 is 5.51. The van der Waals surface area contributed by atoms with Gasteiger partial charge < -0.3 is 15.0 Å². The fraction of sp³-hybridized carbons (Fsp3) is 0.474. The number of pyridine rings is 1. The van der Waals surface area contributed by atoms with Crippen LogP contribution in [-0.4, -0.2) is 48.6 Å². The Hall–Kier alpha value is -2.14. The normalized spacial score (nSPS) is 15.4. The Balaban J connectivity index is 1.70. The fourth-order valence-corrected chi connectivity index (χ4v) is 3.17. The minimum atomic E-state index is -0.0634. The lowest BCUT2D eigenvalue weighted by Gasteiger charge is -2.26. The largest absolute Gasteiger partial charge is 0.478 e. The summed E-state index contributed by atoms with van der Waals surface area (Å²) >= 11 is 0. The molecule has 1 amide bonds. The molecule has 24 heavy (non-hydrogen) atoms. The molecule has 5 nitrogen and oxygen atoms in total. The molecule has 0 bridgehead atoms. The van der Waals surface area contributed by atoms with Crippen LogP contribution in [0.3, 0.4) is 0 Å². The highest BCUT2D eigenvalue weighted by molar-refractivity contribution is 6.06. The van der Waals surface area contributed by atoms with Crippen molar-refractivity contribution < 1.29 is 9.53 Å². The maximum atomic E-state index is 12.6. The van der Waals surface area contributed by atoms with Crippen LogP contribution >= 0.6 is 0 Å². The van der Waals surface area contributed by atoms with Gasteiger partial charge in [0, 0.05) is 24.5 Å². The van der Waals surface area contributed by atoms with E-state index in [0.29, 0.717) is 24.6 Å². The number of para-hydroxylation sites is 1. The molecular weight excluding hydrogens is 302 g/mol. The zero-order valence-corrected chi connectivity index (χ0v) is 14.3. The second-order valence-electron chi connectivity index (χ2n) is 6.12. The third-order valence-electron chi connectivity index (χ3n) is 4.39. The molecule has 1 aromatic carbocycles. The predicted molar refractivity (Wildman–Crippen MR) is 95.5 cm³/mol. The number of ether oxygens (including phenoxy) is 1. The van der Waals surface area contributed by atoms with Crippen LogP contribution in [-0.2, 0) is 0 Å². The highest BCUT2D eigenvalue weighted by Gasteiger charge is 2.14. The molecule has 0 unspecified atom stereocenters. The lowest BCUT2D eigenvalue weighted by molar-refractivity contribution is 0.0947. The second kappa shape index (κ2) is 8.11. The summed E-state index contributed by atoms with van der Waals surface area (Å²) in [5.41, 5.74) is 1.41. The number of likely N-dealkylation sites (tertiary alicyclic amines) is 1. The molecule has 2 heterocycles. The van der Waals surface area contributed by atoms with Crippen molar-refractivity contribution >= 4 is 16.8 Å². The van der Waals surface area contributed by atoms with E-state index in [1.54, 1.807) is 6.07 Å². The summed E-state index contributed by atoms with van der Waals surface area (Å²) in [5, 5.41) is 3.90. The first-order valence-electron chi connectivity index (χ1n) is 8.81. The van der Waals surface area contributed by atoms with Gasteiger partial charge in [-0.3, -0.25) is 4.79 Å². The first-order chi connectivity index (χ1) is 11.8. The van der Waals surface area contributed by atoms with Gasteiger partial charge in [0.15, 0.2) is 0 Å². The van der Waals surface area contributed by atoms with Crippen molar-refractivity contribution in [1.29, 1.82) is 0 Å². The number of fused-ring (bicyclic) bond motifs is 1. The molecule has 1 aromatic heterocycles. The number of aromatic nitrogens is 1. The van der Waals surface area contributed by atoms with Gasteiger partial charge in [0.25, 0.3) is 5.91 Å². The highest BCUT2D eigenvalue weighted by atomic mass is 16.5. The van der Waals surface area contributed by atoms with E-state index in [1.165, 1.54) is 19.3 Å². The zero-order chi connectivity index (χ0) is 16.8. The minimum Gasteiger partial charge on any atom is -0.478 e. The lowest BCUT2D eigenvalue weighted by atomic mass is 10.1.